The van der Waals surface area contributed by atoms with Crippen LogP contribution < -0.4 is 14.2 Å². The number of hydrogen-bond donors (Lipinski definition) is 2. The van der Waals surface area contributed by atoms with E-state index in [1.165, 1.54) is 0 Å². The van der Waals surface area contributed by atoms with Crippen LogP contribution in [0, 0.1) is 0 Å². The fourth-order valence-electron chi connectivity index (χ4n) is 5.25. The van der Waals surface area contributed by atoms with Crippen LogP contribution in [0.3, 0.4) is 0 Å². The molecule has 2 N–H and O–H groups in total. The number of hydrogen-bond acceptors (Lipinski definition) is 7. The molecule has 3 aromatic rings. The summed E-state index contributed by atoms with van der Waals surface area (Å²) >= 11 is 0. The molecule has 1 aliphatic rings. The summed E-state index contributed by atoms with van der Waals surface area (Å²) in [4.78, 5) is 48.1. The number of benzene rings is 3. The van der Waals surface area contributed by atoms with Crippen molar-refractivity contribution in [2.75, 3.05) is 19.8 Å². The van der Waals surface area contributed by atoms with Crippen LogP contribution in [0.4, 0.5) is 0 Å². The van der Waals surface area contributed by atoms with Crippen LogP contribution in [-0.2, 0) is 28.9 Å². The highest BCUT2D eigenvalue weighted by molar-refractivity contribution is 6.10. The first-order valence-corrected chi connectivity index (χ1v) is 15.0. The number of unbranched alkanes of at least 4 members (excludes halogenated alkanes) is 2. The Balaban J connectivity index is 1.33. The van der Waals surface area contributed by atoms with Crippen LogP contribution in [-0.4, -0.2) is 53.5 Å². The number of Topliss-reactive ketones (excluding diaryl/α,β-unsaturated/α-hetero) is 1. The van der Waals surface area contributed by atoms with E-state index in [4.69, 9.17) is 14.2 Å². The molecule has 0 saturated heterocycles. The first-order valence-electron chi connectivity index (χ1n) is 15.0. The second-order valence-corrected chi connectivity index (χ2v) is 10.7. The zero-order valence-electron chi connectivity index (χ0n) is 24.9. The van der Waals surface area contributed by atoms with E-state index >= 15 is 0 Å². The molecule has 4 rings (SSSR count). The highest BCUT2D eigenvalue weighted by Crippen LogP contribution is 2.36. The number of aryl methyl sites for hydroxylation is 1. The van der Waals surface area contributed by atoms with Crippen molar-refractivity contribution in [3.05, 3.63) is 88.0 Å². The van der Waals surface area contributed by atoms with Crippen LogP contribution in [0.2, 0.25) is 0 Å². The molecule has 9 heteroatoms. The van der Waals surface area contributed by atoms with Crippen LogP contribution >= 0.6 is 0 Å². The zero-order chi connectivity index (χ0) is 31.5. The van der Waals surface area contributed by atoms with Crippen LogP contribution in [0.1, 0.15) is 88.4 Å². The summed E-state index contributed by atoms with van der Waals surface area (Å²) < 4.78 is 17.9. The monoisotopic (exact) mass is 602 g/mol. The van der Waals surface area contributed by atoms with E-state index in [9.17, 15) is 29.4 Å². The SMILES string of the molecule is CCCc1c(OCCCCCOc2ccc(C(=O)c3ccccc3CC(=O)O)cc2CCC(=O)O)ccc2c1OCCC2=O. The fourth-order valence-corrected chi connectivity index (χ4v) is 5.25. The normalized spacial score (nSPS) is 12.2. The smallest absolute Gasteiger partial charge is 0.307 e. The standard InChI is InChI=1S/C35H38O9/c1-2-8-28-31(15-13-27-29(36)17-20-44-35(27)28)43-19-7-3-6-18-42-30-14-11-25(21-24(30)12-16-32(37)38)34(41)26-10-5-4-9-23(26)22-33(39)40/h4-5,9-11,13-15,21H,2-3,6-8,12,16-20,22H2,1H3,(H,37,38)(H,39,40). The number of carbonyl (C=O) groups is 4. The highest BCUT2D eigenvalue weighted by atomic mass is 16.5. The van der Waals surface area contributed by atoms with Crippen molar-refractivity contribution >= 4 is 23.5 Å². The Kier molecular flexibility index (Phi) is 11.5. The molecule has 0 amide bonds. The van der Waals surface area contributed by atoms with Gasteiger partial charge in [-0.25, -0.2) is 0 Å². The largest absolute Gasteiger partial charge is 0.493 e. The van der Waals surface area contributed by atoms with E-state index < -0.39 is 11.9 Å². The molecule has 44 heavy (non-hydrogen) atoms. The van der Waals surface area contributed by atoms with E-state index in [1.807, 2.05) is 6.07 Å². The lowest BCUT2D eigenvalue weighted by Crippen LogP contribution is -2.17. The number of carboxylic acid groups (broad SMARTS) is 2. The van der Waals surface area contributed by atoms with Crippen molar-refractivity contribution in [2.24, 2.45) is 0 Å². The average Bonchev–Trinajstić information content (AvgIpc) is 3.00. The topological polar surface area (TPSA) is 136 Å². The predicted octanol–water partition coefficient (Wildman–Crippen LogP) is 6.11. The van der Waals surface area contributed by atoms with E-state index in [0.717, 1.165) is 43.4 Å². The van der Waals surface area contributed by atoms with Crippen LogP contribution in [0.25, 0.3) is 0 Å². The first-order chi connectivity index (χ1) is 21.3. The maximum Gasteiger partial charge on any atom is 0.307 e. The molecule has 0 saturated carbocycles. The quantitative estimate of drug-likeness (QED) is 0.139. The van der Waals surface area contributed by atoms with Crippen LogP contribution in [0.5, 0.6) is 17.2 Å². The lowest BCUT2D eigenvalue weighted by Gasteiger charge is -2.22. The number of fused-ring (bicyclic) bond motifs is 1. The molecule has 3 aromatic carbocycles. The fraction of sp³-hybridized carbons (Fsp3) is 0.371. The van der Waals surface area contributed by atoms with Gasteiger partial charge in [-0.2, -0.15) is 0 Å². The van der Waals surface area contributed by atoms with Crippen molar-refractivity contribution in [2.45, 2.75) is 64.7 Å². The van der Waals surface area contributed by atoms with E-state index in [-0.39, 0.29) is 30.8 Å². The maximum atomic E-state index is 13.3. The Labute approximate surface area is 256 Å². The summed E-state index contributed by atoms with van der Waals surface area (Å²) in [6.45, 7) is 3.38. The molecule has 9 nitrogen and oxygen atoms in total. The molecule has 0 aromatic heterocycles. The molecule has 0 fully saturated rings. The van der Waals surface area contributed by atoms with Gasteiger partial charge >= 0.3 is 11.9 Å². The van der Waals surface area contributed by atoms with Crippen molar-refractivity contribution in [1.29, 1.82) is 0 Å². The third-order valence-corrected chi connectivity index (χ3v) is 7.43. The summed E-state index contributed by atoms with van der Waals surface area (Å²) in [5, 5.41) is 18.5. The average molecular weight is 603 g/mol. The second-order valence-electron chi connectivity index (χ2n) is 10.7. The maximum absolute atomic E-state index is 13.3. The van der Waals surface area contributed by atoms with Gasteiger partial charge in [0.1, 0.15) is 17.2 Å². The number of carboxylic acids is 2. The first kappa shape index (κ1) is 32.3. The van der Waals surface area contributed by atoms with Gasteiger partial charge < -0.3 is 24.4 Å². The van der Waals surface area contributed by atoms with Crippen molar-refractivity contribution in [3.8, 4) is 17.2 Å². The number of ketones is 2. The lowest BCUT2D eigenvalue weighted by atomic mass is 9.94. The Bertz CT molecular complexity index is 1510. The summed E-state index contributed by atoms with van der Waals surface area (Å²) in [5.74, 6) is -0.295. The van der Waals surface area contributed by atoms with E-state index in [0.29, 0.717) is 65.6 Å². The molecule has 0 atom stereocenters. The van der Waals surface area contributed by atoms with Gasteiger partial charge in [-0.3, -0.25) is 19.2 Å². The van der Waals surface area contributed by atoms with E-state index in [2.05, 4.69) is 6.92 Å². The lowest BCUT2D eigenvalue weighted by molar-refractivity contribution is -0.137. The summed E-state index contributed by atoms with van der Waals surface area (Å²) in [6, 6.07) is 15.1. The zero-order valence-corrected chi connectivity index (χ0v) is 24.9. The summed E-state index contributed by atoms with van der Waals surface area (Å²) in [6.07, 6.45) is 4.23. The number of aliphatic carboxylic acids is 2. The molecular formula is C35H38O9. The predicted molar refractivity (Wildman–Crippen MR) is 163 cm³/mol. The van der Waals surface area contributed by atoms with Gasteiger partial charge in [0.2, 0.25) is 0 Å². The minimum absolute atomic E-state index is 0.101. The van der Waals surface area contributed by atoms with Gasteiger partial charge in [-0.05, 0) is 73.6 Å². The minimum atomic E-state index is -1.03. The van der Waals surface area contributed by atoms with Crippen molar-refractivity contribution in [1.82, 2.24) is 0 Å². The molecule has 0 spiro atoms. The van der Waals surface area contributed by atoms with Gasteiger partial charge in [-0.15, -0.1) is 0 Å². The molecule has 0 unspecified atom stereocenters. The van der Waals surface area contributed by atoms with E-state index in [1.54, 1.807) is 48.5 Å². The summed E-state index contributed by atoms with van der Waals surface area (Å²) in [7, 11) is 0. The molecular weight excluding hydrogens is 564 g/mol. The molecule has 232 valence electrons. The highest BCUT2D eigenvalue weighted by Gasteiger charge is 2.24. The Morgan fingerprint density at radius 1 is 0.841 bits per heavy atom. The Hall–Kier alpha value is -4.66. The minimum Gasteiger partial charge on any atom is -0.493 e. The molecule has 0 bridgehead atoms. The van der Waals surface area contributed by atoms with Gasteiger partial charge in [0, 0.05) is 29.5 Å². The molecule has 1 aliphatic heterocycles. The Morgan fingerprint density at radius 2 is 1.57 bits per heavy atom. The molecule has 0 radical (unpaired) electrons. The second kappa shape index (κ2) is 15.7. The summed E-state index contributed by atoms with van der Waals surface area (Å²) in [5.41, 5.74) is 3.24. The third-order valence-electron chi connectivity index (χ3n) is 7.43. The van der Waals surface area contributed by atoms with Gasteiger partial charge in [-0.1, -0.05) is 37.6 Å². The van der Waals surface area contributed by atoms with Gasteiger partial charge in [0.15, 0.2) is 11.6 Å². The van der Waals surface area contributed by atoms with Gasteiger partial charge in [0.25, 0.3) is 0 Å². The number of rotatable bonds is 17. The third kappa shape index (κ3) is 8.46. The Morgan fingerprint density at radius 3 is 2.30 bits per heavy atom. The number of ether oxygens (including phenoxy) is 3. The van der Waals surface area contributed by atoms with Crippen molar-refractivity contribution in [3.63, 3.8) is 0 Å². The molecule has 0 aliphatic carbocycles. The van der Waals surface area contributed by atoms with Crippen molar-refractivity contribution < 1.29 is 43.6 Å². The van der Waals surface area contributed by atoms with Gasteiger partial charge in [0.05, 0.1) is 31.8 Å². The molecule has 1 heterocycles. The number of carbonyl (C=O) groups excluding carboxylic acids is 2. The van der Waals surface area contributed by atoms with Crippen LogP contribution in [0.15, 0.2) is 54.6 Å².